The second-order valence-electron chi connectivity index (χ2n) is 7.39. The number of nitrogens with zero attached hydrogens (tertiary/aromatic N) is 2. The normalized spacial score (nSPS) is 11.0. The molecule has 1 amide bonds. The number of carbonyl (C=O) groups is 1. The van der Waals surface area contributed by atoms with Crippen molar-refractivity contribution in [1.82, 2.24) is 20.5 Å². The van der Waals surface area contributed by atoms with Crippen molar-refractivity contribution >= 4 is 33.5 Å². The van der Waals surface area contributed by atoms with E-state index in [0.717, 1.165) is 5.56 Å². The Balaban J connectivity index is 1.54. The highest BCUT2D eigenvalue weighted by molar-refractivity contribution is 7.89. The van der Waals surface area contributed by atoms with E-state index in [9.17, 15) is 13.2 Å². The summed E-state index contributed by atoms with van der Waals surface area (Å²) >= 11 is 0. The number of aromatic amines is 1. The van der Waals surface area contributed by atoms with Crippen LogP contribution in [0.1, 0.15) is 17.0 Å². The van der Waals surface area contributed by atoms with Gasteiger partial charge in [-0.1, -0.05) is 12.1 Å². The van der Waals surface area contributed by atoms with Crippen LogP contribution in [-0.2, 0) is 27.8 Å². The number of aryl methyl sites for hydroxylation is 1. The largest absolute Gasteiger partial charge is 0.493 e. The Bertz CT molecular complexity index is 1340. The average molecular weight is 503 g/mol. The Labute approximate surface area is 202 Å². The maximum atomic E-state index is 12.4. The molecule has 0 aliphatic rings. The van der Waals surface area contributed by atoms with Gasteiger partial charge < -0.3 is 20.1 Å². The standard InChI is InChI=1S/C21H26N8O5S/c1-12-4-6-14(35(23,31)32)9-15(12)25-19(30)10-18-26-21(29-28-18)27-20(22)24-11-13-5-7-16(33-2)17(8-13)34-3/h4-9H,10-11H2,1-3H3,(H,25,30)(H2,23,31,32)(H4,22,24,26,27,28,29). The molecule has 0 saturated carbocycles. The fraction of sp³-hybridized carbons (Fsp3) is 0.238. The van der Waals surface area contributed by atoms with Crippen molar-refractivity contribution in [1.29, 1.82) is 5.41 Å². The predicted molar refractivity (Wildman–Crippen MR) is 129 cm³/mol. The van der Waals surface area contributed by atoms with Crippen molar-refractivity contribution in [2.45, 2.75) is 24.8 Å². The number of sulfonamides is 1. The summed E-state index contributed by atoms with van der Waals surface area (Å²) in [6, 6.07) is 9.61. The van der Waals surface area contributed by atoms with Crippen molar-refractivity contribution in [2.24, 2.45) is 5.14 Å². The van der Waals surface area contributed by atoms with Crippen LogP contribution in [0.3, 0.4) is 0 Å². The zero-order valence-electron chi connectivity index (χ0n) is 19.3. The van der Waals surface area contributed by atoms with Gasteiger partial charge in [0.2, 0.25) is 21.9 Å². The smallest absolute Gasteiger partial charge is 0.238 e. The van der Waals surface area contributed by atoms with Gasteiger partial charge in [0.25, 0.3) is 0 Å². The molecule has 0 radical (unpaired) electrons. The lowest BCUT2D eigenvalue weighted by Crippen LogP contribution is -2.29. The number of benzene rings is 2. The first-order chi connectivity index (χ1) is 16.6. The number of guanidine groups is 1. The Kier molecular flexibility index (Phi) is 7.88. The maximum absolute atomic E-state index is 12.4. The molecule has 14 heteroatoms. The minimum atomic E-state index is -3.90. The quantitative estimate of drug-likeness (QED) is 0.183. The first-order valence-corrected chi connectivity index (χ1v) is 11.8. The molecule has 7 N–H and O–H groups in total. The molecule has 0 aliphatic heterocycles. The summed E-state index contributed by atoms with van der Waals surface area (Å²) in [7, 11) is -0.803. The van der Waals surface area contributed by atoms with E-state index in [-0.39, 0.29) is 29.0 Å². The number of nitrogens with one attached hydrogen (secondary N) is 5. The van der Waals surface area contributed by atoms with Gasteiger partial charge in [-0.2, -0.15) is 10.1 Å². The summed E-state index contributed by atoms with van der Waals surface area (Å²) in [6.45, 7) is 2.06. The third kappa shape index (κ3) is 6.91. The van der Waals surface area contributed by atoms with Crippen LogP contribution in [0.15, 0.2) is 41.3 Å². The summed E-state index contributed by atoms with van der Waals surface area (Å²) in [4.78, 5) is 16.4. The lowest BCUT2D eigenvalue weighted by atomic mass is 10.2. The third-order valence-corrected chi connectivity index (χ3v) is 5.73. The van der Waals surface area contributed by atoms with Gasteiger partial charge in [0.15, 0.2) is 23.3 Å². The number of hydrogen-bond acceptors (Lipinski definition) is 8. The van der Waals surface area contributed by atoms with E-state index in [0.29, 0.717) is 29.3 Å². The van der Waals surface area contributed by atoms with Crippen LogP contribution in [-0.4, -0.2) is 49.7 Å². The Morgan fingerprint density at radius 3 is 2.54 bits per heavy atom. The number of ether oxygens (including phenoxy) is 2. The predicted octanol–water partition coefficient (Wildman–Crippen LogP) is 1.10. The van der Waals surface area contributed by atoms with Crippen molar-refractivity contribution in [3.63, 3.8) is 0 Å². The van der Waals surface area contributed by atoms with Gasteiger partial charge in [0.1, 0.15) is 0 Å². The molecule has 2 aromatic carbocycles. The molecule has 0 atom stereocenters. The van der Waals surface area contributed by atoms with E-state index in [4.69, 9.17) is 20.0 Å². The molecule has 186 valence electrons. The molecule has 1 aromatic heterocycles. The van der Waals surface area contributed by atoms with Crippen molar-refractivity contribution in [2.75, 3.05) is 24.9 Å². The Hall–Kier alpha value is -4.17. The van der Waals surface area contributed by atoms with Gasteiger partial charge in [-0.15, -0.1) is 0 Å². The number of aromatic nitrogens is 3. The Morgan fingerprint density at radius 2 is 1.86 bits per heavy atom. The van der Waals surface area contributed by atoms with E-state index < -0.39 is 15.9 Å². The molecule has 3 aromatic rings. The summed E-state index contributed by atoms with van der Waals surface area (Å²) in [5.41, 5.74) is 1.85. The molecular formula is C21H26N8O5S. The lowest BCUT2D eigenvalue weighted by molar-refractivity contribution is -0.115. The highest BCUT2D eigenvalue weighted by atomic mass is 32.2. The molecule has 0 saturated heterocycles. The van der Waals surface area contributed by atoms with E-state index in [2.05, 4.69) is 31.1 Å². The summed E-state index contributed by atoms with van der Waals surface area (Å²) in [6.07, 6.45) is -0.177. The molecule has 35 heavy (non-hydrogen) atoms. The average Bonchev–Trinajstić information content (AvgIpc) is 3.24. The first kappa shape index (κ1) is 25.5. The lowest BCUT2D eigenvalue weighted by Gasteiger charge is -2.11. The maximum Gasteiger partial charge on any atom is 0.238 e. The van der Waals surface area contributed by atoms with Crippen molar-refractivity contribution in [3.05, 3.63) is 53.3 Å². The first-order valence-electron chi connectivity index (χ1n) is 10.2. The zero-order valence-corrected chi connectivity index (χ0v) is 20.1. The molecule has 0 aliphatic carbocycles. The van der Waals surface area contributed by atoms with Gasteiger partial charge in [-0.3, -0.25) is 15.5 Å². The highest BCUT2D eigenvalue weighted by Gasteiger charge is 2.14. The van der Waals surface area contributed by atoms with Crippen LogP contribution in [0.4, 0.5) is 11.6 Å². The summed E-state index contributed by atoms with van der Waals surface area (Å²) < 4.78 is 33.6. The van der Waals surface area contributed by atoms with Gasteiger partial charge in [-0.05, 0) is 42.3 Å². The molecule has 3 rings (SSSR count). The molecule has 0 spiro atoms. The van der Waals surface area contributed by atoms with Gasteiger partial charge in [0, 0.05) is 12.2 Å². The molecule has 0 unspecified atom stereocenters. The van der Waals surface area contributed by atoms with Crippen LogP contribution in [0.5, 0.6) is 11.5 Å². The van der Waals surface area contributed by atoms with Crippen LogP contribution in [0, 0.1) is 12.3 Å². The number of nitrogens with two attached hydrogens (primary N) is 1. The van der Waals surface area contributed by atoms with Gasteiger partial charge in [0.05, 0.1) is 25.5 Å². The molecular weight excluding hydrogens is 476 g/mol. The Morgan fingerprint density at radius 1 is 1.11 bits per heavy atom. The van der Waals surface area contributed by atoms with Crippen molar-refractivity contribution < 1.29 is 22.7 Å². The number of H-pyrrole nitrogens is 1. The van der Waals surface area contributed by atoms with E-state index in [1.807, 2.05) is 6.07 Å². The van der Waals surface area contributed by atoms with Crippen LogP contribution >= 0.6 is 0 Å². The number of hydrogen-bond donors (Lipinski definition) is 6. The topological polar surface area (TPSA) is 197 Å². The van der Waals surface area contributed by atoms with Gasteiger partial charge >= 0.3 is 0 Å². The monoisotopic (exact) mass is 502 g/mol. The fourth-order valence-corrected chi connectivity index (χ4v) is 3.57. The molecule has 1 heterocycles. The summed E-state index contributed by atoms with van der Waals surface area (Å²) in [5, 5.41) is 28.0. The number of anilines is 2. The number of methoxy groups -OCH3 is 2. The molecule has 0 bridgehead atoms. The fourth-order valence-electron chi connectivity index (χ4n) is 3.03. The molecule has 0 fully saturated rings. The number of primary sulfonamides is 1. The van der Waals surface area contributed by atoms with E-state index >= 15 is 0 Å². The van der Waals surface area contributed by atoms with Crippen LogP contribution in [0.25, 0.3) is 0 Å². The number of carbonyl (C=O) groups excluding carboxylic acids is 1. The summed E-state index contributed by atoms with van der Waals surface area (Å²) in [5.74, 6) is 1.04. The highest BCUT2D eigenvalue weighted by Crippen LogP contribution is 2.27. The van der Waals surface area contributed by atoms with E-state index in [1.165, 1.54) is 12.1 Å². The minimum absolute atomic E-state index is 0.0395. The number of rotatable bonds is 9. The third-order valence-electron chi connectivity index (χ3n) is 4.82. The van der Waals surface area contributed by atoms with Crippen LogP contribution in [0.2, 0.25) is 0 Å². The minimum Gasteiger partial charge on any atom is -0.493 e. The van der Waals surface area contributed by atoms with Crippen LogP contribution < -0.4 is 30.6 Å². The van der Waals surface area contributed by atoms with Crippen molar-refractivity contribution in [3.8, 4) is 11.5 Å². The van der Waals surface area contributed by atoms with E-state index in [1.54, 1.807) is 39.3 Å². The number of amides is 1. The molecule has 13 nitrogen and oxygen atoms in total. The SMILES string of the molecule is COc1ccc(CNC(=N)Nc2nc(CC(=O)Nc3cc(S(N)(=O)=O)ccc3C)n[nH]2)cc1OC. The second kappa shape index (κ2) is 10.8. The van der Waals surface area contributed by atoms with Gasteiger partial charge in [-0.25, -0.2) is 18.7 Å². The zero-order chi connectivity index (χ0) is 25.6. The second-order valence-corrected chi connectivity index (χ2v) is 8.95.